The van der Waals surface area contributed by atoms with E-state index in [1.165, 1.54) is 7.11 Å². The Hall–Kier alpha value is -2.05. The number of aliphatic carboxylic acids is 1. The van der Waals surface area contributed by atoms with Gasteiger partial charge in [0, 0.05) is 6.42 Å². The van der Waals surface area contributed by atoms with Gasteiger partial charge < -0.3 is 9.84 Å². The van der Waals surface area contributed by atoms with Crippen LogP contribution in [0, 0.1) is 0 Å². The van der Waals surface area contributed by atoms with E-state index in [1.54, 1.807) is 0 Å². The van der Waals surface area contributed by atoms with Gasteiger partial charge in [0.1, 0.15) is 5.75 Å². The first-order chi connectivity index (χ1) is 8.25. The lowest BCUT2D eigenvalue weighted by atomic mass is 10.0. The van der Waals surface area contributed by atoms with Crippen LogP contribution >= 0.6 is 0 Å². The van der Waals surface area contributed by atoms with Crippen molar-refractivity contribution in [1.29, 1.82) is 0 Å². The van der Waals surface area contributed by atoms with E-state index in [1.807, 2.05) is 0 Å². The Balaban J connectivity index is 3.20. The number of ketones is 1. The molecule has 0 atom stereocenters. The van der Waals surface area contributed by atoms with Crippen molar-refractivity contribution in [3.05, 3.63) is 29.3 Å². The Morgan fingerprint density at radius 3 is 2.39 bits per heavy atom. The van der Waals surface area contributed by atoms with Gasteiger partial charge in [0.15, 0.2) is 0 Å². The van der Waals surface area contributed by atoms with Gasteiger partial charge in [-0.3, -0.25) is 4.79 Å². The highest BCUT2D eigenvalue weighted by molar-refractivity contribution is 6.33. The molecular formula is C11H9F3O4. The standard InChI is InChI=1S/C11H9F3O4/c1-18-7-2-3-8(11(12,13)14)6(4-7)5-9(15)10(16)17/h2-4H,5H2,1H3,(H,16,17). The average Bonchev–Trinajstić information content (AvgIpc) is 2.27. The normalized spacial score (nSPS) is 11.1. The van der Waals surface area contributed by atoms with Crippen LogP contribution in [0.15, 0.2) is 18.2 Å². The molecule has 1 N–H and O–H groups in total. The second kappa shape index (κ2) is 5.07. The average molecular weight is 262 g/mol. The third-order valence-corrected chi connectivity index (χ3v) is 2.21. The van der Waals surface area contributed by atoms with Gasteiger partial charge >= 0.3 is 12.1 Å². The van der Waals surface area contributed by atoms with Crippen molar-refractivity contribution >= 4 is 11.8 Å². The zero-order chi connectivity index (χ0) is 13.9. The van der Waals surface area contributed by atoms with Crippen molar-refractivity contribution in [2.45, 2.75) is 12.6 Å². The summed E-state index contributed by atoms with van der Waals surface area (Å²) in [7, 11) is 1.26. The molecule has 0 saturated heterocycles. The van der Waals surface area contributed by atoms with Gasteiger partial charge in [-0.2, -0.15) is 13.2 Å². The third-order valence-electron chi connectivity index (χ3n) is 2.21. The molecule has 0 aliphatic rings. The smallest absolute Gasteiger partial charge is 0.416 e. The molecule has 0 spiro atoms. The van der Waals surface area contributed by atoms with Crippen LogP contribution in [0.1, 0.15) is 11.1 Å². The fourth-order valence-corrected chi connectivity index (χ4v) is 1.37. The fraction of sp³-hybridized carbons (Fsp3) is 0.273. The fourth-order valence-electron chi connectivity index (χ4n) is 1.37. The molecule has 0 aromatic heterocycles. The molecule has 7 heteroatoms. The van der Waals surface area contributed by atoms with Gasteiger partial charge in [0.05, 0.1) is 12.7 Å². The molecule has 18 heavy (non-hydrogen) atoms. The van der Waals surface area contributed by atoms with Crippen molar-refractivity contribution in [2.75, 3.05) is 7.11 Å². The highest BCUT2D eigenvalue weighted by atomic mass is 19.4. The molecule has 0 unspecified atom stereocenters. The summed E-state index contributed by atoms with van der Waals surface area (Å²) in [5.41, 5.74) is -1.47. The summed E-state index contributed by atoms with van der Waals surface area (Å²) in [6.45, 7) is 0. The highest BCUT2D eigenvalue weighted by Crippen LogP contribution is 2.34. The number of rotatable bonds is 4. The molecule has 0 heterocycles. The molecule has 1 rings (SSSR count). The lowest BCUT2D eigenvalue weighted by molar-refractivity contribution is -0.149. The van der Waals surface area contributed by atoms with E-state index < -0.39 is 35.5 Å². The number of Topliss-reactive ketones (excluding diaryl/α,β-unsaturated/α-hetero) is 1. The minimum Gasteiger partial charge on any atom is -0.497 e. The topological polar surface area (TPSA) is 63.6 Å². The lowest BCUT2D eigenvalue weighted by Gasteiger charge is -2.13. The molecule has 98 valence electrons. The van der Waals surface area contributed by atoms with E-state index in [2.05, 4.69) is 0 Å². The maximum atomic E-state index is 12.6. The molecule has 4 nitrogen and oxygen atoms in total. The van der Waals surface area contributed by atoms with Crippen LogP contribution < -0.4 is 4.74 Å². The molecular weight excluding hydrogens is 253 g/mol. The molecule has 1 aromatic rings. The quantitative estimate of drug-likeness (QED) is 0.842. The van der Waals surface area contributed by atoms with Gasteiger partial charge in [-0.1, -0.05) is 0 Å². The van der Waals surface area contributed by atoms with E-state index in [-0.39, 0.29) is 5.75 Å². The van der Waals surface area contributed by atoms with Crippen LogP contribution in [0.4, 0.5) is 13.2 Å². The molecule has 0 fully saturated rings. The first-order valence-corrected chi connectivity index (χ1v) is 4.76. The van der Waals surface area contributed by atoms with Gasteiger partial charge in [0.25, 0.3) is 0 Å². The van der Waals surface area contributed by atoms with Gasteiger partial charge in [-0.05, 0) is 23.8 Å². The predicted octanol–water partition coefficient (Wildman–Crippen LogP) is 1.91. The number of methoxy groups -OCH3 is 1. The summed E-state index contributed by atoms with van der Waals surface area (Å²) >= 11 is 0. The van der Waals surface area contributed by atoms with Gasteiger partial charge in [-0.15, -0.1) is 0 Å². The number of carboxylic acid groups (broad SMARTS) is 1. The maximum Gasteiger partial charge on any atom is 0.416 e. The number of hydrogen-bond acceptors (Lipinski definition) is 3. The van der Waals surface area contributed by atoms with Crippen LogP contribution in [0.25, 0.3) is 0 Å². The summed E-state index contributed by atoms with van der Waals surface area (Å²) in [6, 6.07) is 2.85. The summed E-state index contributed by atoms with van der Waals surface area (Å²) < 4.78 is 42.6. The minimum atomic E-state index is -4.65. The highest BCUT2D eigenvalue weighted by Gasteiger charge is 2.34. The summed E-state index contributed by atoms with van der Waals surface area (Å²) in [5.74, 6) is -2.96. The van der Waals surface area contributed by atoms with Crippen LogP contribution in [-0.2, 0) is 22.2 Å². The van der Waals surface area contributed by atoms with Crippen LogP contribution in [0.2, 0.25) is 0 Å². The Kier molecular flexibility index (Phi) is 3.95. The molecule has 0 aliphatic heterocycles. The van der Waals surface area contributed by atoms with Gasteiger partial charge in [0.2, 0.25) is 5.78 Å². The predicted molar refractivity (Wildman–Crippen MR) is 54.3 cm³/mol. The Bertz CT molecular complexity index is 480. The van der Waals surface area contributed by atoms with E-state index in [4.69, 9.17) is 9.84 Å². The second-order valence-corrected chi connectivity index (χ2v) is 3.43. The van der Waals surface area contributed by atoms with Crippen molar-refractivity contribution in [1.82, 2.24) is 0 Å². The molecule has 0 saturated carbocycles. The number of carboxylic acids is 1. The lowest BCUT2D eigenvalue weighted by Crippen LogP contribution is -2.18. The Morgan fingerprint density at radius 1 is 1.33 bits per heavy atom. The first-order valence-electron chi connectivity index (χ1n) is 4.76. The first kappa shape index (κ1) is 14.0. The monoisotopic (exact) mass is 262 g/mol. The van der Waals surface area contributed by atoms with Crippen LogP contribution in [-0.4, -0.2) is 24.0 Å². The van der Waals surface area contributed by atoms with E-state index >= 15 is 0 Å². The van der Waals surface area contributed by atoms with Gasteiger partial charge in [-0.25, -0.2) is 4.79 Å². The second-order valence-electron chi connectivity index (χ2n) is 3.43. The van der Waals surface area contributed by atoms with E-state index in [0.717, 1.165) is 18.2 Å². The van der Waals surface area contributed by atoms with Crippen molar-refractivity contribution in [3.8, 4) is 5.75 Å². The third kappa shape index (κ3) is 3.22. The van der Waals surface area contributed by atoms with Crippen LogP contribution in [0.5, 0.6) is 5.75 Å². The molecule has 0 aliphatic carbocycles. The number of halogens is 3. The molecule has 0 amide bonds. The number of ether oxygens (including phenoxy) is 1. The maximum absolute atomic E-state index is 12.6. The molecule has 0 radical (unpaired) electrons. The number of carbonyl (C=O) groups excluding carboxylic acids is 1. The van der Waals surface area contributed by atoms with Crippen molar-refractivity contribution in [3.63, 3.8) is 0 Å². The summed E-state index contributed by atoms with van der Waals surface area (Å²) in [4.78, 5) is 21.3. The summed E-state index contributed by atoms with van der Waals surface area (Å²) in [5, 5.41) is 8.40. The number of alkyl halides is 3. The van der Waals surface area contributed by atoms with E-state index in [9.17, 15) is 22.8 Å². The van der Waals surface area contributed by atoms with Crippen LogP contribution in [0.3, 0.4) is 0 Å². The zero-order valence-corrected chi connectivity index (χ0v) is 9.25. The number of benzene rings is 1. The number of hydrogen-bond donors (Lipinski definition) is 1. The number of carbonyl (C=O) groups is 2. The Morgan fingerprint density at radius 2 is 1.94 bits per heavy atom. The Labute approximate surface area is 100.0 Å². The van der Waals surface area contributed by atoms with Crippen molar-refractivity contribution in [2.24, 2.45) is 0 Å². The van der Waals surface area contributed by atoms with E-state index in [0.29, 0.717) is 0 Å². The minimum absolute atomic E-state index is 0.121. The largest absolute Gasteiger partial charge is 0.497 e. The zero-order valence-electron chi connectivity index (χ0n) is 9.25. The molecule has 0 bridgehead atoms. The van der Waals surface area contributed by atoms with Crippen molar-refractivity contribution < 1.29 is 32.6 Å². The SMILES string of the molecule is COc1ccc(C(F)(F)F)c(CC(=O)C(=O)O)c1. The molecule has 1 aromatic carbocycles. The summed E-state index contributed by atoms with van der Waals surface area (Å²) in [6.07, 6.45) is -5.48.